The van der Waals surface area contributed by atoms with Crippen molar-refractivity contribution in [1.82, 2.24) is 19.4 Å². The van der Waals surface area contributed by atoms with E-state index in [1.165, 1.54) is 25.2 Å². The van der Waals surface area contributed by atoms with E-state index in [1.807, 2.05) is 12.3 Å². The lowest BCUT2D eigenvalue weighted by molar-refractivity contribution is 0.295. The maximum absolute atomic E-state index is 4.85. The van der Waals surface area contributed by atoms with Gasteiger partial charge >= 0.3 is 0 Å². The number of aromatic nitrogens is 3. The number of likely N-dealkylation sites (tertiary alicyclic amines) is 1. The molecular formula is C16H24N4. The maximum atomic E-state index is 4.85. The molecule has 1 aliphatic heterocycles. The van der Waals surface area contributed by atoms with Gasteiger partial charge in [-0.25, -0.2) is 9.97 Å². The van der Waals surface area contributed by atoms with E-state index in [-0.39, 0.29) is 5.54 Å². The zero-order chi connectivity index (χ0) is 14.3. The first-order chi connectivity index (χ1) is 9.47. The Morgan fingerprint density at radius 2 is 2.15 bits per heavy atom. The summed E-state index contributed by atoms with van der Waals surface area (Å²) in [5.74, 6) is 1.17. The molecule has 1 saturated heterocycles. The monoisotopic (exact) mass is 272 g/mol. The molecule has 20 heavy (non-hydrogen) atoms. The first-order valence-electron chi connectivity index (χ1n) is 7.50. The number of likely N-dealkylation sites (N-methyl/N-ethyl adjacent to an activating group) is 1. The highest BCUT2D eigenvalue weighted by Crippen LogP contribution is 2.26. The zero-order valence-electron chi connectivity index (χ0n) is 12.9. The SMILES string of the molecule is CN1CCCC1Cc1nc2cccnc2n1C(C)(C)C. The fourth-order valence-corrected chi connectivity index (χ4v) is 3.25. The van der Waals surface area contributed by atoms with Gasteiger partial charge < -0.3 is 9.47 Å². The largest absolute Gasteiger partial charge is 0.307 e. The van der Waals surface area contributed by atoms with Crippen molar-refractivity contribution in [1.29, 1.82) is 0 Å². The summed E-state index contributed by atoms with van der Waals surface area (Å²) in [4.78, 5) is 11.9. The van der Waals surface area contributed by atoms with E-state index in [1.54, 1.807) is 0 Å². The average Bonchev–Trinajstić information content (AvgIpc) is 2.92. The molecule has 0 N–H and O–H groups in total. The standard InChI is InChI=1S/C16H24N4/c1-16(2,3)20-14(11-12-7-6-10-19(12)4)18-13-8-5-9-17-15(13)20/h5,8-9,12H,6-7,10-11H2,1-4H3. The molecule has 1 atom stereocenters. The van der Waals surface area contributed by atoms with E-state index in [0.29, 0.717) is 6.04 Å². The van der Waals surface area contributed by atoms with Gasteiger partial charge in [-0.05, 0) is 59.3 Å². The molecule has 0 aromatic carbocycles. The van der Waals surface area contributed by atoms with Crippen LogP contribution < -0.4 is 0 Å². The van der Waals surface area contributed by atoms with E-state index in [9.17, 15) is 0 Å². The van der Waals surface area contributed by atoms with Crippen molar-refractivity contribution in [3.05, 3.63) is 24.2 Å². The van der Waals surface area contributed by atoms with E-state index in [4.69, 9.17) is 4.98 Å². The van der Waals surface area contributed by atoms with Crippen LogP contribution in [0.15, 0.2) is 18.3 Å². The molecule has 2 aromatic rings. The number of hydrogen-bond donors (Lipinski definition) is 0. The van der Waals surface area contributed by atoms with Gasteiger partial charge in [0, 0.05) is 24.2 Å². The number of rotatable bonds is 2. The Morgan fingerprint density at radius 1 is 1.35 bits per heavy atom. The van der Waals surface area contributed by atoms with Crippen molar-refractivity contribution in [3.63, 3.8) is 0 Å². The Kier molecular flexibility index (Phi) is 3.28. The zero-order valence-corrected chi connectivity index (χ0v) is 12.9. The number of nitrogens with zero attached hydrogens (tertiary/aromatic N) is 4. The topological polar surface area (TPSA) is 34.0 Å². The molecular weight excluding hydrogens is 248 g/mol. The molecule has 2 aromatic heterocycles. The van der Waals surface area contributed by atoms with Gasteiger partial charge in [0.05, 0.1) is 0 Å². The molecule has 4 heteroatoms. The molecule has 3 rings (SSSR count). The Morgan fingerprint density at radius 3 is 2.80 bits per heavy atom. The molecule has 0 saturated carbocycles. The van der Waals surface area contributed by atoms with Crippen molar-refractivity contribution >= 4 is 11.2 Å². The Bertz CT molecular complexity index is 608. The second kappa shape index (κ2) is 4.85. The smallest absolute Gasteiger partial charge is 0.160 e. The van der Waals surface area contributed by atoms with Gasteiger partial charge in [0.25, 0.3) is 0 Å². The summed E-state index contributed by atoms with van der Waals surface area (Å²) >= 11 is 0. The molecule has 0 amide bonds. The minimum Gasteiger partial charge on any atom is -0.307 e. The van der Waals surface area contributed by atoms with Crippen LogP contribution >= 0.6 is 0 Å². The van der Waals surface area contributed by atoms with Crippen LogP contribution in [0.5, 0.6) is 0 Å². The number of hydrogen-bond acceptors (Lipinski definition) is 3. The van der Waals surface area contributed by atoms with Crippen LogP contribution in [0, 0.1) is 0 Å². The van der Waals surface area contributed by atoms with E-state index >= 15 is 0 Å². The first kappa shape index (κ1) is 13.6. The summed E-state index contributed by atoms with van der Waals surface area (Å²) in [6.45, 7) is 7.89. The molecule has 108 valence electrons. The van der Waals surface area contributed by atoms with E-state index < -0.39 is 0 Å². The van der Waals surface area contributed by atoms with Crippen molar-refractivity contribution in [2.45, 2.75) is 51.6 Å². The highest BCUT2D eigenvalue weighted by Gasteiger charge is 2.27. The quantitative estimate of drug-likeness (QED) is 0.843. The fraction of sp³-hybridized carbons (Fsp3) is 0.625. The fourth-order valence-electron chi connectivity index (χ4n) is 3.25. The summed E-state index contributed by atoms with van der Waals surface area (Å²) in [7, 11) is 2.22. The third kappa shape index (κ3) is 2.33. The van der Waals surface area contributed by atoms with Crippen molar-refractivity contribution in [2.24, 2.45) is 0 Å². The highest BCUT2D eigenvalue weighted by atomic mass is 15.2. The molecule has 1 aliphatic rings. The lowest BCUT2D eigenvalue weighted by Gasteiger charge is -2.26. The van der Waals surface area contributed by atoms with Crippen LogP contribution in [0.2, 0.25) is 0 Å². The Labute approximate surface area is 120 Å². The van der Waals surface area contributed by atoms with Crippen LogP contribution in [0.4, 0.5) is 0 Å². The normalized spacial score (nSPS) is 20.9. The highest BCUT2D eigenvalue weighted by molar-refractivity contribution is 5.71. The molecule has 0 bridgehead atoms. The summed E-state index contributed by atoms with van der Waals surface area (Å²) in [6.07, 6.45) is 5.45. The minimum absolute atomic E-state index is 0.00954. The van der Waals surface area contributed by atoms with E-state index in [2.05, 4.69) is 48.3 Å². The predicted octanol–water partition coefficient (Wildman–Crippen LogP) is 2.82. The van der Waals surface area contributed by atoms with Gasteiger partial charge in [0.15, 0.2) is 5.65 Å². The van der Waals surface area contributed by atoms with Gasteiger partial charge in [-0.1, -0.05) is 0 Å². The third-order valence-electron chi connectivity index (χ3n) is 4.25. The van der Waals surface area contributed by atoms with Crippen molar-refractivity contribution < 1.29 is 0 Å². The predicted molar refractivity (Wildman–Crippen MR) is 81.9 cm³/mol. The molecule has 4 nitrogen and oxygen atoms in total. The minimum atomic E-state index is 0.00954. The Hall–Kier alpha value is -1.42. The lowest BCUT2D eigenvalue weighted by Crippen LogP contribution is -2.31. The second-order valence-electron chi connectivity index (χ2n) is 6.86. The van der Waals surface area contributed by atoms with Crippen LogP contribution in [-0.2, 0) is 12.0 Å². The first-order valence-corrected chi connectivity index (χ1v) is 7.50. The van der Waals surface area contributed by atoms with Crippen LogP contribution in [0.3, 0.4) is 0 Å². The Balaban J connectivity index is 2.05. The molecule has 0 radical (unpaired) electrons. The number of fused-ring (bicyclic) bond motifs is 1. The third-order valence-corrected chi connectivity index (χ3v) is 4.25. The second-order valence-corrected chi connectivity index (χ2v) is 6.86. The lowest BCUT2D eigenvalue weighted by atomic mass is 10.1. The van der Waals surface area contributed by atoms with Gasteiger partial charge in [-0.15, -0.1) is 0 Å². The van der Waals surface area contributed by atoms with Gasteiger partial charge in [0.1, 0.15) is 11.3 Å². The van der Waals surface area contributed by atoms with Gasteiger partial charge in [-0.3, -0.25) is 0 Å². The average molecular weight is 272 g/mol. The summed E-state index contributed by atoms with van der Waals surface area (Å²) in [5.41, 5.74) is 2.03. The molecule has 0 aliphatic carbocycles. The molecule has 3 heterocycles. The van der Waals surface area contributed by atoms with Crippen molar-refractivity contribution in [2.75, 3.05) is 13.6 Å². The van der Waals surface area contributed by atoms with Gasteiger partial charge in [-0.2, -0.15) is 0 Å². The van der Waals surface area contributed by atoms with Crippen LogP contribution in [-0.4, -0.2) is 39.1 Å². The van der Waals surface area contributed by atoms with Crippen LogP contribution in [0.1, 0.15) is 39.4 Å². The van der Waals surface area contributed by atoms with E-state index in [0.717, 1.165) is 17.6 Å². The molecule has 0 spiro atoms. The summed E-state index contributed by atoms with van der Waals surface area (Å²) in [6, 6.07) is 4.65. The van der Waals surface area contributed by atoms with Gasteiger partial charge in [0.2, 0.25) is 0 Å². The molecule has 1 fully saturated rings. The maximum Gasteiger partial charge on any atom is 0.160 e. The summed E-state index contributed by atoms with van der Waals surface area (Å²) in [5, 5.41) is 0. The number of imidazole rings is 1. The molecule has 1 unspecified atom stereocenters. The van der Waals surface area contributed by atoms with Crippen molar-refractivity contribution in [3.8, 4) is 0 Å². The van der Waals surface area contributed by atoms with Crippen LogP contribution in [0.25, 0.3) is 11.2 Å². The summed E-state index contributed by atoms with van der Waals surface area (Å²) < 4.78 is 2.31. The number of pyridine rings is 1.